The molecule has 0 aliphatic rings. The predicted molar refractivity (Wildman–Crippen MR) is 53.7 cm³/mol. The van der Waals surface area contributed by atoms with Gasteiger partial charge < -0.3 is 21.1 Å². The van der Waals surface area contributed by atoms with Crippen LogP contribution in [0.5, 0.6) is 0 Å². The minimum absolute atomic E-state index is 0.156. The Morgan fingerprint density at radius 3 is 2.80 bits per heavy atom. The van der Waals surface area contributed by atoms with E-state index in [4.69, 9.17) is 10.8 Å². The first kappa shape index (κ1) is 12.1. The molecule has 84 valence electrons. The summed E-state index contributed by atoms with van der Waals surface area (Å²) in [4.78, 5) is 14.4. The number of aliphatic hydroxyl groups excluding tert-OH is 2. The van der Waals surface area contributed by atoms with Crippen molar-refractivity contribution in [3.8, 4) is 0 Å². The minimum Gasteiger partial charge on any atom is -0.476 e. The molecule has 0 aromatic carbocycles. The van der Waals surface area contributed by atoms with Gasteiger partial charge in [0.2, 0.25) is 0 Å². The summed E-state index contributed by atoms with van der Waals surface area (Å²) in [5.41, 5.74) is 6.32. The number of nitrogens with zero attached hydrogens (tertiary/aromatic N) is 1. The molecule has 1 aromatic rings. The van der Waals surface area contributed by atoms with Crippen molar-refractivity contribution < 1.29 is 20.1 Å². The highest BCUT2D eigenvalue weighted by atomic mass is 32.1. The molecule has 6 nitrogen and oxygen atoms in total. The zero-order valence-electron chi connectivity index (χ0n) is 7.83. The summed E-state index contributed by atoms with van der Waals surface area (Å²) >= 11 is 0.997. The first-order valence-corrected chi connectivity index (χ1v) is 5.18. The summed E-state index contributed by atoms with van der Waals surface area (Å²) < 4.78 is 0. The molecule has 1 aromatic heterocycles. The lowest BCUT2D eigenvalue weighted by atomic mass is 10.1. The number of carboxylic acids is 1. The summed E-state index contributed by atoms with van der Waals surface area (Å²) in [5, 5.41) is 27.8. The van der Waals surface area contributed by atoms with E-state index >= 15 is 0 Å². The molecule has 1 heterocycles. The van der Waals surface area contributed by atoms with Crippen molar-refractivity contribution >= 4 is 17.3 Å². The molecule has 0 saturated heterocycles. The van der Waals surface area contributed by atoms with Crippen molar-refractivity contribution in [2.75, 3.05) is 6.54 Å². The number of thiazole rings is 1. The summed E-state index contributed by atoms with van der Waals surface area (Å²) in [6.45, 7) is 0.222. The van der Waals surface area contributed by atoms with Crippen molar-refractivity contribution in [2.45, 2.75) is 18.6 Å². The van der Waals surface area contributed by atoms with Crippen LogP contribution in [0.4, 0.5) is 0 Å². The maximum absolute atomic E-state index is 10.7. The average molecular weight is 232 g/mol. The van der Waals surface area contributed by atoms with Gasteiger partial charge in [-0.3, -0.25) is 0 Å². The molecule has 2 unspecified atom stereocenters. The third-order valence-corrected chi connectivity index (χ3v) is 2.79. The highest BCUT2D eigenvalue weighted by Crippen LogP contribution is 2.25. The van der Waals surface area contributed by atoms with E-state index in [1.54, 1.807) is 0 Å². The second-order valence-electron chi connectivity index (χ2n) is 2.96. The number of aliphatic hydroxyl groups is 2. The largest absolute Gasteiger partial charge is 0.476 e. The van der Waals surface area contributed by atoms with Crippen molar-refractivity contribution in [2.24, 2.45) is 5.73 Å². The average Bonchev–Trinajstić information content (AvgIpc) is 2.65. The number of aromatic carboxylic acids is 1. The van der Waals surface area contributed by atoms with E-state index in [1.807, 2.05) is 0 Å². The van der Waals surface area contributed by atoms with Crippen LogP contribution in [0.1, 0.15) is 27.9 Å². The number of aromatic nitrogens is 1. The zero-order valence-corrected chi connectivity index (χ0v) is 8.65. The Kier molecular flexibility index (Phi) is 4.15. The molecule has 15 heavy (non-hydrogen) atoms. The number of nitrogens with two attached hydrogens (primary N) is 1. The lowest BCUT2D eigenvalue weighted by molar-refractivity contribution is 0.0161. The molecular formula is C8H12N2O4S. The van der Waals surface area contributed by atoms with E-state index in [-0.39, 0.29) is 23.5 Å². The van der Waals surface area contributed by atoms with Gasteiger partial charge in [0, 0.05) is 0 Å². The van der Waals surface area contributed by atoms with Gasteiger partial charge in [0.05, 0.1) is 16.5 Å². The van der Waals surface area contributed by atoms with Gasteiger partial charge in [-0.25, -0.2) is 9.78 Å². The molecule has 5 N–H and O–H groups in total. The lowest BCUT2D eigenvalue weighted by Crippen LogP contribution is -2.22. The van der Waals surface area contributed by atoms with Gasteiger partial charge in [-0.1, -0.05) is 0 Å². The van der Waals surface area contributed by atoms with Crippen LogP contribution in [0.25, 0.3) is 0 Å². The Labute approximate surface area is 90.0 Å². The Morgan fingerprint density at radius 1 is 1.60 bits per heavy atom. The van der Waals surface area contributed by atoms with E-state index < -0.39 is 18.2 Å². The summed E-state index contributed by atoms with van der Waals surface area (Å²) in [6, 6.07) is 0. The second-order valence-corrected chi connectivity index (χ2v) is 3.85. The maximum Gasteiger partial charge on any atom is 0.355 e. The fourth-order valence-electron chi connectivity index (χ4n) is 1.13. The first-order valence-electron chi connectivity index (χ1n) is 4.30. The van der Waals surface area contributed by atoms with Gasteiger partial charge in [-0.05, 0) is 13.0 Å². The smallest absolute Gasteiger partial charge is 0.355 e. The fourth-order valence-corrected chi connectivity index (χ4v) is 1.95. The predicted octanol–water partition coefficient (Wildman–Crippen LogP) is -0.416. The monoisotopic (exact) mass is 232 g/mol. The Morgan fingerprint density at radius 2 is 2.27 bits per heavy atom. The molecular weight excluding hydrogens is 220 g/mol. The van der Waals surface area contributed by atoms with Gasteiger partial charge in [0.15, 0.2) is 5.69 Å². The van der Waals surface area contributed by atoms with Crippen molar-refractivity contribution in [3.05, 3.63) is 16.1 Å². The number of hydrogen-bond acceptors (Lipinski definition) is 6. The third-order valence-electron chi connectivity index (χ3n) is 1.89. The molecule has 0 spiro atoms. The van der Waals surface area contributed by atoms with Gasteiger partial charge in [-0.2, -0.15) is 0 Å². The van der Waals surface area contributed by atoms with Gasteiger partial charge >= 0.3 is 5.97 Å². The fraction of sp³-hybridized carbons (Fsp3) is 0.500. The molecule has 2 atom stereocenters. The SMILES string of the molecule is NCCC(O)C(O)c1scnc1C(=O)O. The van der Waals surface area contributed by atoms with E-state index in [2.05, 4.69) is 4.98 Å². The van der Waals surface area contributed by atoms with Crippen LogP contribution in [0.3, 0.4) is 0 Å². The van der Waals surface area contributed by atoms with Crippen molar-refractivity contribution in [3.63, 3.8) is 0 Å². The third kappa shape index (κ3) is 2.72. The first-order chi connectivity index (χ1) is 7.07. The van der Waals surface area contributed by atoms with Crippen molar-refractivity contribution in [1.29, 1.82) is 0 Å². The normalized spacial score (nSPS) is 14.9. The second kappa shape index (κ2) is 5.17. The minimum atomic E-state index is -1.24. The van der Waals surface area contributed by atoms with Crippen LogP contribution in [0.15, 0.2) is 5.51 Å². The van der Waals surface area contributed by atoms with Crippen LogP contribution in [-0.4, -0.2) is 38.9 Å². The topological polar surface area (TPSA) is 117 Å². The molecule has 0 amide bonds. The van der Waals surface area contributed by atoms with Gasteiger partial charge in [-0.15, -0.1) is 11.3 Å². The quantitative estimate of drug-likeness (QED) is 0.548. The van der Waals surface area contributed by atoms with Crippen LogP contribution < -0.4 is 5.73 Å². The maximum atomic E-state index is 10.7. The lowest BCUT2D eigenvalue weighted by Gasteiger charge is -2.15. The molecule has 0 fully saturated rings. The van der Waals surface area contributed by atoms with E-state index in [9.17, 15) is 15.0 Å². The number of hydrogen-bond donors (Lipinski definition) is 4. The summed E-state index contributed by atoms with van der Waals surface area (Å²) in [5.74, 6) is -1.22. The number of carboxylic acid groups (broad SMARTS) is 1. The van der Waals surface area contributed by atoms with Crippen LogP contribution in [-0.2, 0) is 0 Å². The van der Waals surface area contributed by atoms with Gasteiger partial charge in [0.1, 0.15) is 6.10 Å². The molecule has 0 radical (unpaired) electrons. The van der Waals surface area contributed by atoms with Crippen LogP contribution >= 0.6 is 11.3 Å². The summed E-state index contributed by atoms with van der Waals surface area (Å²) in [7, 11) is 0. The Hall–Kier alpha value is -1.02. The highest BCUT2D eigenvalue weighted by molar-refractivity contribution is 7.10. The standard InChI is InChI=1S/C8H12N2O4S/c9-2-1-4(11)6(12)7-5(8(13)14)10-3-15-7/h3-4,6,11-12H,1-2,9H2,(H,13,14). The highest BCUT2D eigenvalue weighted by Gasteiger charge is 2.25. The molecule has 0 bridgehead atoms. The Balaban J connectivity index is 2.85. The van der Waals surface area contributed by atoms with E-state index in [0.717, 1.165) is 11.3 Å². The van der Waals surface area contributed by atoms with Crippen LogP contribution in [0, 0.1) is 0 Å². The molecule has 0 aliphatic carbocycles. The molecule has 7 heteroatoms. The zero-order chi connectivity index (χ0) is 11.4. The van der Waals surface area contributed by atoms with E-state index in [1.165, 1.54) is 5.51 Å². The van der Waals surface area contributed by atoms with E-state index in [0.29, 0.717) is 0 Å². The molecule has 0 saturated carbocycles. The Bertz CT molecular complexity index is 341. The molecule has 1 rings (SSSR count). The van der Waals surface area contributed by atoms with Gasteiger partial charge in [0.25, 0.3) is 0 Å². The van der Waals surface area contributed by atoms with Crippen molar-refractivity contribution in [1.82, 2.24) is 4.98 Å². The van der Waals surface area contributed by atoms with Crippen LogP contribution in [0.2, 0.25) is 0 Å². The number of rotatable bonds is 5. The molecule has 0 aliphatic heterocycles. The summed E-state index contributed by atoms with van der Waals surface area (Å²) in [6.07, 6.45) is -2.10. The number of carbonyl (C=O) groups is 1.